The number of benzene rings is 2. The number of carbonyl (C=O) groups excluding carboxylic acids is 1. The first kappa shape index (κ1) is 16.7. The zero-order valence-electron chi connectivity index (χ0n) is 14.3. The van der Waals surface area contributed by atoms with Crippen molar-refractivity contribution < 1.29 is 4.79 Å². The summed E-state index contributed by atoms with van der Waals surface area (Å²) in [5.41, 5.74) is 6.48. The average Bonchev–Trinajstić information content (AvgIpc) is 3.44. The molecule has 1 aliphatic carbocycles. The monoisotopic (exact) mass is 363 g/mol. The molecule has 1 fully saturated rings. The molecule has 0 unspecified atom stereocenters. The molecule has 1 N–H and O–H groups in total. The van der Waals surface area contributed by atoms with E-state index in [4.69, 9.17) is 11.6 Å². The predicted molar refractivity (Wildman–Crippen MR) is 105 cm³/mol. The smallest absolute Gasteiger partial charge is 0.243 e. The van der Waals surface area contributed by atoms with Gasteiger partial charge in [0.15, 0.2) is 0 Å². The molecule has 26 heavy (non-hydrogen) atoms. The number of pyridine rings is 1. The van der Waals surface area contributed by atoms with Crippen molar-refractivity contribution in [1.29, 1.82) is 0 Å². The van der Waals surface area contributed by atoms with E-state index in [-0.39, 0.29) is 11.8 Å². The molecule has 4 rings (SSSR count). The summed E-state index contributed by atoms with van der Waals surface area (Å²) < 4.78 is 0. The van der Waals surface area contributed by atoms with E-state index < -0.39 is 0 Å². The van der Waals surface area contributed by atoms with E-state index in [0.717, 1.165) is 22.9 Å². The van der Waals surface area contributed by atoms with Crippen LogP contribution in [0.1, 0.15) is 29.0 Å². The van der Waals surface area contributed by atoms with Crippen LogP contribution in [-0.2, 0) is 4.79 Å². The minimum atomic E-state index is -0.0596. The maximum absolute atomic E-state index is 12.2. The molecule has 1 aromatic heterocycles. The van der Waals surface area contributed by atoms with Gasteiger partial charge in [0.05, 0.1) is 11.7 Å². The molecule has 0 aliphatic heterocycles. The second kappa shape index (κ2) is 6.89. The van der Waals surface area contributed by atoms with Gasteiger partial charge < -0.3 is 0 Å². The fraction of sp³-hybridized carbons (Fsp3) is 0.190. The van der Waals surface area contributed by atoms with Crippen molar-refractivity contribution in [1.82, 2.24) is 10.4 Å². The van der Waals surface area contributed by atoms with Gasteiger partial charge in [0, 0.05) is 16.9 Å². The van der Waals surface area contributed by atoms with Crippen molar-refractivity contribution in [2.45, 2.75) is 19.3 Å². The lowest BCUT2D eigenvalue weighted by atomic mass is 10.1. The first-order valence-electron chi connectivity index (χ1n) is 8.56. The summed E-state index contributed by atoms with van der Waals surface area (Å²) >= 11 is 6.23. The molecular weight excluding hydrogens is 346 g/mol. The number of halogens is 1. The van der Waals surface area contributed by atoms with E-state index in [9.17, 15) is 4.79 Å². The highest BCUT2D eigenvalue weighted by Gasteiger charge is 2.43. The number of carbonyl (C=O) groups is 1. The normalized spacial score (nSPS) is 19.0. The molecular formula is C21H18ClN3O. The summed E-state index contributed by atoms with van der Waals surface area (Å²) in [6.45, 7) is 2.01. The van der Waals surface area contributed by atoms with Gasteiger partial charge in [-0.3, -0.25) is 4.79 Å². The highest BCUT2D eigenvalue weighted by atomic mass is 35.5. The van der Waals surface area contributed by atoms with Gasteiger partial charge in [-0.2, -0.15) is 5.10 Å². The van der Waals surface area contributed by atoms with Gasteiger partial charge in [0.25, 0.3) is 0 Å². The standard InChI is InChI=1S/C21H18ClN3O/c1-13-7-8-15-10-16(20(22)24-19(15)9-13)12-23-25-21(26)18-11-17(18)14-5-3-2-4-6-14/h2-10,12,17-18H,11H2,1H3,(H,25,26)/b23-12-/t17-,18+/m1/s1. The summed E-state index contributed by atoms with van der Waals surface area (Å²) in [4.78, 5) is 16.6. The van der Waals surface area contributed by atoms with Gasteiger partial charge in [-0.05, 0) is 42.5 Å². The molecule has 0 radical (unpaired) electrons. The van der Waals surface area contributed by atoms with Crippen molar-refractivity contribution in [3.63, 3.8) is 0 Å². The van der Waals surface area contributed by atoms with Crippen molar-refractivity contribution in [2.24, 2.45) is 11.0 Å². The number of aryl methyl sites for hydroxylation is 1. The van der Waals surface area contributed by atoms with E-state index in [1.165, 1.54) is 5.56 Å². The molecule has 5 heteroatoms. The van der Waals surface area contributed by atoms with Crippen LogP contribution in [0.2, 0.25) is 5.15 Å². The number of hydrogen-bond acceptors (Lipinski definition) is 3. The Morgan fingerprint density at radius 3 is 2.85 bits per heavy atom. The fourth-order valence-electron chi connectivity index (χ4n) is 3.16. The number of rotatable bonds is 4. The van der Waals surface area contributed by atoms with Crippen LogP contribution in [0, 0.1) is 12.8 Å². The van der Waals surface area contributed by atoms with Gasteiger partial charge in [-0.15, -0.1) is 0 Å². The Kier molecular flexibility index (Phi) is 4.43. The lowest BCUT2D eigenvalue weighted by Gasteiger charge is -2.03. The average molecular weight is 364 g/mol. The van der Waals surface area contributed by atoms with Crippen LogP contribution in [0.3, 0.4) is 0 Å². The SMILES string of the molecule is Cc1ccc2cc(/C=N\NC(=O)[C@H]3C[C@@H]3c3ccccc3)c(Cl)nc2c1. The molecule has 130 valence electrons. The van der Waals surface area contributed by atoms with Gasteiger partial charge >= 0.3 is 0 Å². The number of nitrogens with zero attached hydrogens (tertiary/aromatic N) is 2. The molecule has 3 aromatic rings. The third kappa shape index (κ3) is 3.46. The van der Waals surface area contributed by atoms with Crippen LogP contribution in [0.15, 0.2) is 59.7 Å². The van der Waals surface area contributed by atoms with Crippen LogP contribution < -0.4 is 5.43 Å². The highest BCUT2D eigenvalue weighted by molar-refractivity contribution is 6.32. The molecule has 1 amide bonds. The largest absolute Gasteiger partial charge is 0.273 e. The first-order valence-corrected chi connectivity index (χ1v) is 8.94. The molecule has 0 spiro atoms. The van der Waals surface area contributed by atoms with Crippen LogP contribution in [-0.4, -0.2) is 17.1 Å². The van der Waals surface area contributed by atoms with Crippen LogP contribution in [0.25, 0.3) is 10.9 Å². The van der Waals surface area contributed by atoms with E-state index in [1.54, 1.807) is 6.21 Å². The lowest BCUT2D eigenvalue weighted by molar-refractivity contribution is -0.122. The van der Waals surface area contributed by atoms with Gasteiger partial charge in [-0.1, -0.05) is 54.1 Å². The second-order valence-corrected chi connectivity index (χ2v) is 7.02. The maximum atomic E-state index is 12.2. The zero-order chi connectivity index (χ0) is 18.1. The molecule has 0 saturated heterocycles. The Morgan fingerprint density at radius 1 is 1.23 bits per heavy atom. The van der Waals surface area contributed by atoms with Gasteiger partial charge in [0.1, 0.15) is 5.15 Å². The Bertz CT molecular complexity index is 1000. The third-order valence-corrected chi connectivity index (χ3v) is 4.99. The summed E-state index contributed by atoms with van der Waals surface area (Å²) in [5, 5.41) is 5.42. The number of nitrogens with one attached hydrogen (secondary N) is 1. The Hall–Kier alpha value is -2.72. The molecule has 2 aromatic carbocycles. The topological polar surface area (TPSA) is 54.4 Å². The van der Waals surface area contributed by atoms with Gasteiger partial charge in [0.2, 0.25) is 5.91 Å². The van der Waals surface area contributed by atoms with Crippen molar-refractivity contribution >= 4 is 34.6 Å². The number of amides is 1. The Labute approximate surface area is 156 Å². The predicted octanol–water partition coefficient (Wildman–Crippen LogP) is 4.45. The quantitative estimate of drug-likeness (QED) is 0.423. The Morgan fingerprint density at radius 2 is 2.04 bits per heavy atom. The lowest BCUT2D eigenvalue weighted by Crippen LogP contribution is -2.20. The molecule has 1 aliphatic rings. The Balaban J connectivity index is 1.43. The zero-order valence-corrected chi connectivity index (χ0v) is 15.1. The number of hydrazone groups is 1. The number of aromatic nitrogens is 1. The summed E-state index contributed by atoms with van der Waals surface area (Å²) in [6.07, 6.45) is 2.41. The van der Waals surface area contributed by atoms with Crippen molar-refractivity contribution in [2.75, 3.05) is 0 Å². The molecule has 4 nitrogen and oxygen atoms in total. The summed E-state index contributed by atoms with van der Waals surface area (Å²) in [5.74, 6) is 0.221. The summed E-state index contributed by atoms with van der Waals surface area (Å²) in [7, 11) is 0. The molecule has 2 atom stereocenters. The fourth-order valence-corrected chi connectivity index (χ4v) is 3.36. The molecule has 1 heterocycles. The number of fused-ring (bicyclic) bond motifs is 1. The van der Waals surface area contributed by atoms with Crippen LogP contribution in [0.5, 0.6) is 0 Å². The third-order valence-electron chi connectivity index (χ3n) is 4.69. The highest BCUT2D eigenvalue weighted by Crippen LogP contribution is 2.47. The van der Waals surface area contributed by atoms with Gasteiger partial charge in [-0.25, -0.2) is 10.4 Å². The van der Waals surface area contributed by atoms with E-state index in [1.807, 2.05) is 49.4 Å². The van der Waals surface area contributed by atoms with E-state index in [2.05, 4.69) is 27.6 Å². The number of hydrogen-bond donors (Lipinski definition) is 1. The summed E-state index contributed by atoms with van der Waals surface area (Å²) in [6, 6.07) is 18.0. The van der Waals surface area contributed by atoms with Crippen LogP contribution in [0.4, 0.5) is 0 Å². The van der Waals surface area contributed by atoms with Crippen molar-refractivity contribution in [3.8, 4) is 0 Å². The van der Waals surface area contributed by atoms with E-state index in [0.29, 0.717) is 16.6 Å². The second-order valence-electron chi connectivity index (χ2n) is 6.66. The molecule has 1 saturated carbocycles. The minimum absolute atomic E-state index is 0.0114. The minimum Gasteiger partial charge on any atom is -0.273 e. The van der Waals surface area contributed by atoms with E-state index >= 15 is 0 Å². The van der Waals surface area contributed by atoms with Crippen molar-refractivity contribution in [3.05, 3.63) is 76.4 Å². The first-order chi connectivity index (χ1) is 12.6. The maximum Gasteiger partial charge on any atom is 0.243 e. The van der Waals surface area contributed by atoms with Crippen LogP contribution >= 0.6 is 11.6 Å². The molecule has 0 bridgehead atoms.